The van der Waals surface area contributed by atoms with Crippen molar-refractivity contribution in [1.82, 2.24) is 19.9 Å². The molecule has 16 heteroatoms. The van der Waals surface area contributed by atoms with E-state index >= 15 is 0 Å². The molecular weight excluding hydrogens is 584 g/mol. The van der Waals surface area contributed by atoms with Gasteiger partial charge in [-0.25, -0.2) is 14.8 Å². The van der Waals surface area contributed by atoms with Crippen molar-refractivity contribution >= 4 is 23.3 Å². The molecule has 6 rings (SSSR count). The van der Waals surface area contributed by atoms with Crippen LogP contribution in [-0.2, 0) is 12.4 Å². The van der Waals surface area contributed by atoms with Crippen LogP contribution in [0.5, 0.6) is 11.5 Å². The van der Waals surface area contributed by atoms with Gasteiger partial charge in [-0.05, 0) is 37.8 Å². The molecular formula is C27H31F6N7O3. The van der Waals surface area contributed by atoms with Gasteiger partial charge >= 0.3 is 18.0 Å². The first-order chi connectivity index (χ1) is 20.5. The summed E-state index contributed by atoms with van der Waals surface area (Å²) in [4.78, 5) is 23.7. The summed E-state index contributed by atoms with van der Waals surface area (Å²) in [6.07, 6.45) is -3.57. The van der Waals surface area contributed by atoms with Crippen LogP contribution in [0, 0.1) is 0 Å². The SMILES string of the molecule is CC.FC(F)(F)c1cnc(Nc2ccc3c(c2)OCCCO3)nc1NC1CC1.O=c1ncc(C(F)(F)F)c(NC2CC2)[nH]1. The van der Waals surface area contributed by atoms with Crippen molar-refractivity contribution in [2.24, 2.45) is 0 Å². The van der Waals surface area contributed by atoms with E-state index in [0.717, 1.165) is 38.3 Å². The van der Waals surface area contributed by atoms with Gasteiger partial charge in [-0.1, -0.05) is 13.8 Å². The van der Waals surface area contributed by atoms with Gasteiger partial charge < -0.3 is 25.4 Å². The van der Waals surface area contributed by atoms with Crippen molar-refractivity contribution in [3.63, 3.8) is 0 Å². The van der Waals surface area contributed by atoms with Crippen molar-refractivity contribution < 1.29 is 35.8 Å². The number of alkyl halides is 6. The van der Waals surface area contributed by atoms with Crippen LogP contribution < -0.4 is 31.1 Å². The molecule has 3 aromatic rings. The predicted octanol–water partition coefficient (Wildman–Crippen LogP) is 6.36. The van der Waals surface area contributed by atoms with Crippen molar-refractivity contribution in [3.8, 4) is 11.5 Å². The fourth-order valence-corrected chi connectivity index (χ4v) is 3.71. The third-order valence-corrected chi connectivity index (χ3v) is 6.06. The number of aromatic amines is 1. The van der Waals surface area contributed by atoms with Gasteiger partial charge in [-0.15, -0.1) is 0 Å². The van der Waals surface area contributed by atoms with Gasteiger partial charge in [-0.3, -0.25) is 4.98 Å². The molecule has 0 unspecified atom stereocenters. The summed E-state index contributed by atoms with van der Waals surface area (Å²) in [6.45, 7) is 5.13. The Morgan fingerprint density at radius 3 is 2.07 bits per heavy atom. The molecule has 4 N–H and O–H groups in total. The topological polar surface area (TPSA) is 126 Å². The minimum Gasteiger partial charge on any atom is -0.490 e. The smallest absolute Gasteiger partial charge is 0.421 e. The van der Waals surface area contributed by atoms with Crippen LogP contribution in [0.1, 0.15) is 57.1 Å². The number of benzene rings is 1. The van der Waals surface area contributed by atoms with E-state index in [1.54, 1.807) is 18.2 Å². The van der Waals surface area contributed by atoms with Crippen molar-refractivity contribution in [3.05, 3.63) is 52.2 Å². The zero-order valence-electron chi connectivity index (χ0n) is 23.3. The minimum atomic E-state index is -4.51. The lowest BCUT2D eigenvalue weighted by atomic mass is 10.2. The lowest BCUT2D eigenvalue weighted by Gasteiger charge is -2.15. The molecule has 2 fully saturated rings. The van der Waals surface area contributed by atoms with Crippen molar-refractivity contribution in [2.75, 3.05) is 29.2 Å². The standard InChI is InChI=1S/C17H17F3N4O2.C8H8F3N3O.C2H6/c18-17(19,20)12-9-21-16(24-15(12)22-10-2-3-10)23-11-4-5-13-14(8-11)26-7-1-6-25-13;9-8(10,11)5-3-12-7(15)14-6(5)13-4-1-2-4;1-2/h4-5,8-10H,1-3,6-7H2,(H2,21,22,23,24);3-4H,1-2H2,(H2,12,13,14,15);1-2H3. The van der Waals surface area contributed by atoms with Crippen molar-refractivity contribution in [1.29, 1.82) is 0 Å². The number of hydrogen-bond acceptors (Lipinski definition) is 9. The third-order valence-electron chi connectivity index (χ3n) is 6.06. The number of nitrogens with zero attached hydrogens (tertiary/aromatic N) is 3. The Balaban J connectivity index is 0.000000212. The highest BCUT2D eigenvalue weighted by molar-refractivity contribution is 5.61. The number of ether oxygens (including phenoxy) is 2. The average molecular weight is 616 g/mol. The molecule has 1 aromatic carbocycles. The molecule has 3 heterocycles. The van der Waals surface area contributed by atoms with E-state index in [4.69, 9.17) is 9.47 Å². The van der Waals surface area contributed by atoms with Gasteiger partial charge in [0.05, 0.1) is 13.2 Å². The lowest BCUT2D eigenvalue weighted by molar-refractivity contribution is -0.138. The highest BCUT2D eigenvalue weighted by Gasteiger charge is 2.37. The number of nitrogens with one attached hydrogen (secondary N) is 4. The van der Waals surface area contributed by atoms with Crippen LogP contribution in [0.2, 0.25) is 0 Å². The Labute approximate surface area is 242 Å². The maximum Gasteiger partial charge on any atom is 0.421 e. The van der Waals surface area contributed by atoms with E-state index in [9.17, 15) is 31.1 Å². The fraction of sp³-hybridized carbons (Fsp3) is 0.481. The molecule has 0 radical (unpaired) electrons. The molecule has 10 nitrogen and oxygen atoms in total. The Hall–Kier alpha value is -4.24. The lowest BCUT2D eigenvalue weighted by Crippen LogP contribution is -2.20. The van der Waals surface area contributed by atoms with Gasteiger partial charge in [0, 0.05) is 42.7 Å². The van der Waals surface area contributed by atoms with Crippen LogP contribution in [0.25, 0.3) is 0 Å². The van der Waals surface area contributed by atoms with Gasteiger partial charge in [-0.2, -0.15) is 31.3 Å². The summed E-state index contributed by atoms with van der Waals surface area (Å²) in [6, 6.07) is 5.27. The van der Waals surface area contributed by atoms with Crippen LogP contribution in [-0.4, -0.2) is 45.2 Å². The zero-order chi connectivity index (χ0) is 31.2. The second kappa shape index (κ2) is 13.4. The molecule has 0 spiro atoms. The number of aromatic nitrogens is 4. The quantitative estimate of drug-likeness (QED) is 0.234. The van der Waals surface area contributed by atoms with Gasteiger partial charge in [0.25, 0.3) is 0 Å². The number of rotatable bonds is 6. The van der Waals surface area contributed by atoms with Crippen LogP contribution >= 0.6 is 0 Å². The number of anilines is 4. The zero-order valence-corrected chi connectivity index (χ0v) is 23.3. The number of H-pyrrole nitrogens is 1. The molecule has 3 aliphatic rings. The molecule has 234 valence electrons. The summed E-state index contributed by atoms with van der Waals surface area (Å²) in [7, 11) is 0. The van der Waals surface area contributed by atoms with Crippen molar-refractivity contribution in [2.45, 2.75) is 70.4 Å². The normalized spacial score (nSPS) is 16.0. The van der Waals surface area contributed by atoms with E-state index in [1.807, 2.05) is 13.8 Å². The highest BCUT2D eigenvalue weighted by atomic mass is 19.4. The highest BCUT2D eigenvalue weighted by Crippen LogP contribution is 2.38. The summed E-state index contributed by atoms with van der Waals surface area (Å²) in [5.41, 5.74) is -1.99. The maximum absolute atomic E-state index is 13.1. The van der Waals surface area contributed by atoms with Gasteiger partial charge in [0.1, 0.15) is 22.8 Å². The Morgan fingerprint density at radius 2 is 1.44 bits per heavy atom. The molecule has 43 heavy (non-hydrogen) atoms. The van der Waals surface area contributed by atoms with E-state index in [-0.39, 0.29) is 29.7 Å². The first kappa shape index (κ1) is 31.7. The number of halogens is 6. The molecule has 2 aromatic heterocycles. The predicted molar refractivity (Wildman–Crippen MR) is 147 cm³/mol. The summed E-state index contributed by atoms with van der Waals surface area (Å²) >= 11 is 0. The van der Waals surface area contributed by atoms with Gasteiger partial charge in [0.15, 0.2) is 11.5 Å². The third kappa shape index (κ3) is 9.12. The van der Waals surface area contributed by atoms with E-state index < -0.39 is 29.2 Å². The molecule has 2 saturated carbocycles. The van der Waals surface area contributed by atoms with Crippen LogP contribution in [0.4, 0.5) is 49.6 Å². The maximum atomic E-state index is 13.1. The Kier molecular flexibility index (Phi) is 9.86. The van der Waals surface area contributed by atoms with E-state index in [1.165, 1.54) is 0 Å². The molecule has 0 saturated heterocycles. The summed E-state index contributed by atoms with van der Waals surface area (Å²) < 4.78 is 87.9. The molecule has 0 amide bonds. The van der Waals surface area contributed by atoms with Crippen LogP contribution in [0.15, 0.2) is 35.4 Å². The molecule has 1 aliphatic heterocycles. The second-order valence-electron chi connectivity index (χ2n) is 9.60. The molecule has 2 aliphatic carbocycles. The second-order valence-corrected chi connectivity index (χ2v) is 9.60. The monoisotopic (exact) mass is 615 g/mol. The van der Waals surface area contributed by atoms with E-state index in [0.29, 0.717) is 36.6 Å². The Morgan fingerprint density at radius 1 is 0.837 bits per heavy atom. The van der Waals surface area contributed by atoms with Gasteiger partial charge in [0.2, 0.25) is 5.95 Å². The summed E-state index contributed by atoms with van der Waals surface area (Å²) in [5.74, 6) is 0.806. The molecule has 0 atom stereocenters. The Bertz CT molecular complexity index is 1440. The number of hydrogen-bond donors (Lipinski definition) is 4. The van der Waals surface area contributed by atoms with Crippen LogP contribution in [0.3, 0.4) is 0 Å². The van der Waals surface area contributed by atoms with E-state index in [2.05, 4.69) is 35.9 Å². The minimum absolute atomic E-state index is 0.0316. The fourth-order valence-electron chi connectivity index (χ4n) is 3.71. The average Bonchev–Trinajstić information content (AvgIpc) is 3.85. The largest absolute Gasteiger partial charge is 0.490 e. The first-order valence-electron chi connectivity index (χ1n) is 13.8. The summed E-state index contributed by atoms with van der Waals surface area (Å²) in [5, 5.41) is 8.36. The first-order valence-corrected chi connectivity index (χ1v) is 13.8. The number of fused-ring (bicyclic) bond motifs is 1. The molecule has 0 bridgehead atoms.